The number of nitrogens with zero attached hydrogens (tertiary/aromatic N) is 2. The molecule has 1 atom stereocenters. The van der Waals surface area contributed by atoms with Crippen LogP contribution in [-0.4, -0.2) is 22.5 Å². The van der Waals surface area contributed by atoms with Crippen LogP contribution < -0.4 is 0 Å². The van der Waals surface area contributed by atoms with Gasteiger partial charge < -0.3 is 9.42 Å². The molecule has 0 bridgehead atoms. The van der Waals surface area contributed by atoms with E-state index in [4.69, 9.17) is 4.52 Å². The van der Waals surface area contributed by atoms with Gasteiger partial charge >= 0.3 is 0 Å². The Morgan fingerprint density at radius 1 is 1.08 bits per heavy atom. The molecule has 4 nitrogen and oxygen atoms in total. The topological polar surface area (TPSA) is 46.3 Å². The molecule has 0 radical (unpaired) electrons. The first kappa shape index (κ1) is 17.0. The third-order valence-electron chi connectivity index (χ3n) is 4.37. The third-order valence-corrected chi connectivity index (χ3v) is 4.37. The van der Waals surface area contributed by atoms with Gasteiger partial charge in [0.25, 0.3) is 5.91 Å². The van der Waals surface area contributed by atoms with Gasteiger partial charge in [-0.25, -0.2) is 0 Å². The molecule has 1 aromatic heterocycles. The normalized spacial score (nSPS) is 11.9. The Labute approximate surface area is 148 Å². The van der Waals surface area contributed by atoms with Crippen molar-refractivity contribution >= 4 is 5.91 Å². The quantitative estimate of drug-likeness (QED) is 0.667. The van der Waals surface area contributed by atoms with E-state index in [1.807, 2.05) is 55.5 Å². The zero-order valence-corrected chi connectivity index (χ0v) is 14.6. The van der Waals surface area contributed by atoms with Gasteiger partial charge in [-0.05, 0) is 18.1 Å². The number of aromatic nitrogens is 1. The average Bonchev–Trinajstić information content (AvgIpc) is 3.16. The van der Waals surface area contributed by atoms with Gasteiger partial charge in [-0.15, -0.1) is 0 Å². The van der Waals surface area contributed by atoms with E-state index in [-0.39, 0.29) is 17.6 Å². The number of hydrogen-bond donors (Lipinski definition) is 0. The number of rotatable bonds is 6. The second kappa shape index (κ2) is 7.79. The number of carbonyl (C=O) groups is 1. The molecule has 0 N–H and O–H groups in total. The second-order valence-corrected chi connectivity index (χ2v) is 6.05. The van der Waals surface area contributed by atoms with Gasteiger partial charge in [0.05, 0.1) is 5.69 Å². The zero-order valence-electron chi connectivity index (χ0n) is 14.6. The Morgan fingerprint density at radius 2 is 1.72 bits per heavy atom. The molecule has 4 heteroatoms. The van der Waals surface area contributed by atoms with Gasteiger partial charge in [-0.2, -0.15) is 0 Å². The fourth-order valence-corrected chi connectivity index (χ4v) is 2.79. The predicted octanol–water partition coefficient (Wildman–Crippen LogP) is 4.49. The van der Waals surface area contributed by atoms with Crippen molar-refractivity contribution in [2.45, 2.75) is 26.3 Å². The lowest BCUT2D eigenvalue weighted by atomic mass is 9.98. The highest BCUT2D eigenvalue weighted by molar-refractivity contribution is 5.91. The maximum absolute atomic E-state index is 12.7. The smallest absolute Gasteiger partial charge is 0.292 e. The van der Waals surface area contributed by atoms with Gasteiger partial charge in [0.15, 0.2) is 0 Å². The maximum atomic E-state index is 12.7. The van der Waals surface area contributed by atoms with Crippen LogP contribution >= 0.6 is 0 Å². The van der Waals surface area contributed by atoms with Crippen LogP contribution in [0.25, 0.3) is 0 Å². The Bertz CT molecular complexity index is 812. The Morgan fingerprint density at radius 3 is 2.36 bits per heavy atom. The van der Waals surface area contributed by atoms with E-state index in [0.29, 0.717) is 13.1 Å². The minimum atomic E-state index is -0.134. The molecular formula is C21H22N2O2. The van der Waals surface area contributed by atoms with Crippen LogP contribution in [-0.2, 0) is 6.54 Å². The lowest BCUT2D eigenvalue weighted by Crippen LogP contribution is -2.30. The van der Waals surface area contributed by atoms with E-state index in [1.165, 1.54) is 0 Å². The molecule has 0 saturated carbocycles. The third kappa shape index (κ3) is 3.97. The van der Waals surface area contributed by atoms with Crippen molar-refractivity contribution in [3.63, 3.8) is 0 Å². The summed E-state index contributed by atoms with van der Waals surface area (Å²) in [5.41, 5.74) is 3.01. The molecule has 3 rings (SSSR count). The van der Waals surface area contributed by atoms with E-state index in [2.05, 4.69) is 24.2 Å². The molecule has 0 aliphatic carbocycles. The van der Waals surface area contributed by atoms with Crippen molar-refractivity contribution in [1.82, 2.24) is 10.1 Å². The van der Waals surface area contributed by atoms with Gasteiger partial charge in [-0.3, -0.25) is 4.79 Å². The van der Waals surface area contributed by atoms with E-state index in [0.717, 1.165) is 16.8 Å². The SMILES string of the molecule is CCN(Cc1ccccc1)C(=O)c1cc(C(C)c2ccccc2)no1. The van der Waals surface area contributed by atoms with Crippen molar-refractivity contribution in [3.05, 3.63) is 89.3 Å². The van der Waals surface area contributed by atoms with E-state index >= 15 is 0 Å². The number of amides is 1. The largest absolute Gasteiger partial charge is 0.351 e. The highest BCUT2D eigenvalue weighted by Gasteiger charge is 2.22. The molecule has 0 aliphatic rings. The molecule has 0 fully saturated rings. The van der Waals surface area contributed by atoms with Crippen LogP contribution in [0.4, 0.5) is 0 Å². The second-order valence-electron chi connectivity index (χ2n) is 6.05. The molecule has 1 amide bonds. The van der Waals surface area contributed by atoms with Crippen LogP contribution in [0.5, 0.6) is 0 Å². The summed E-state index contributed by atoms with van der Waals surface area (Å²) >= 11 is 0. The van der Waals surface area contributed by atoms with E-state index < -0.39 is 0 Å². The molecule has 1 unspecified atom stereocenters. The van der Waals surface area contributed by atoms with Gasteiger partial charge in [0.2, 0.25) is 5.76 Å². The standard InChI is InChI=1S/C21H22N2O2/c1-3-23(15-17-10-6-4-7-11-17)21(24)20-14-19(22-25-20)16(2)18-12-8-5-9-13-18/h4-14,16H,3,15H2,1-2H3. The van der Waals surface area contributed by atoms with Crippen LogP contribution in [0.2, 0.25) is 0 Å². The van der Waals surface area contributed by atoms with E-state index in [9.17, 15) is 4.79 Å². The molecule has 25 heavy (non-hydrogen) atoms. The minimum Gasteiger partial charge on any atom is -0.351 e. The monoisotopic (exact) mass is 334 g/mol. The molecule has 0 spiro atoms. The van der Waals surface area contributed by atoms with Crippen molar-refractivity contribution in [3.8, 4) is 0 Å². The van der Waals surface area contributed by atoms with Gasteiger partial charge in [0.1, 0.15) is 0 Å². The number of benzene rings is 2. The average molecular weight is 334 g/mol. The number of carbonyl (C=O) groups excluding carboxylic acids is 1. The molecular weight excluding hydrogens is 312 g/mol. The van der Waals surface area contributed by atoms with Crippen LogP contribution in [0, 0.1) is 0 Å². The summed E-state index contributed by atoms with van der Waals surface area (Å²) in [7, 11) is 0. The summed E-state index contributed by atoms with van der Waals surface area (Å²) in [6.45, 7) is 5.19. The first-order chi connectivity index (χ1) is 12.2. The summed E-state index contributed by atoms with van der Waals surface area (Å²) in [6, 6.07) is 21.8. The van der Waals surface area contributed by atoms with Crippen molar-refractivity contribution in [1.29, 1.82) is 0 Å². The fraction of sp³-hybridized carbons (Fsp3) is 0.238. The number of hydrogen-bond acceptors (Lipinski definition) is 3. The van der Waals surface area contributed by atoms with Gasteiger partial charge in [0, 0.05) is 25.1 Å². The Hall–Kier alpha value is -2.88. The molecule has 2 aromatic carbocycles. The van der Waals surface area contributed by atoms with Crippen LogP contribution in [0.15, 0.2) is 71.3 Å². The minimum absolute atomic E-state index is 0.0794. The Balaban J connectivity index is 1.75. The Kier molecular flexibility index (Phi) is 5.29. The highest BCUT2D eigenvalue weighted by atomic mass is 16.5. The van der Waals surface area contributed by atoms with Crippen LogP contribution in [0.3, 0.4) is 0 Å². The molecule has 1 heterocycles. The summed E-state index contributed by atoms with van der Waals surface area (Å²) in [5, 5.41) is 4.11. The molecule has 0 saturated heterocycles. The maximum Gasteiger partial charge on any atom is 0.292 e. The van der Waals surface area contributed by atoms with Crippen LogP contribution in [0.1, 0.15) is 47.1 Å². The van der Waals surface area contributed by atoms with Crippen molar-refractivity contribution < 1.29 is 9.32 Å². The van der Waals surface area contributed by atoms with E-state index in [1.54, 1.807) is 11.0 Å². The predicted molar refractivity (Wildman–Crippen MR) is 97.3 cm³/mol. The lowest BCUT2D eigenvalue weighted by Gasteiger charge is -2.19. The molecule has 128 valence electrons. The van der Waals surface area contributed by atoms with Crippen molar-refractivity contribution in [2.24, 2.45) is 0 Å². The molecule has 0 aliphatic heterocycles. The fourth-order valence-electron chi connectivity index (χ4n) is 2.79. The first-order valence-corrected chi connectivity index (χ1v) is 8.53. The first-order valence-electron chi connectivity index (χ1n) is 8.53. The summed E-state index contributed by atoms with van der Waals surface area (Å²) in [5.74, 6) is 0.233. The molecule has 3 aromatic rings. The summed E-state index contributed by atoms with van der Waals surface area (Å²) < 4.78 is 5.35. The lowest BCUT2D eigenvalue weighted by molar-refractivity contribution is 0.0710. The van der Waals surface area contributed by atoms with Gasteiger partial charge in [-0.1, -0.05) is 72.7 Å². The summed E-state index contributed by atoms with van der Waals surface area (Å²) in [6.07, 6.45) is 0. The van der Waals surface area contributed by atoms with Crippen molar-refractivity contribution in [2.75, 3.05) is 6.54 Å². The highest BCUT2D eigenvalue weighted by Crippen LogP contribution is 2.24. The zero-order chi connectivity index (χ0) is 17.6. The summed E-state index contributed by atoms with van der Waals surface area (Å²) in [4.78, 5) is 14.5.